The molecule has 1 heterocycles. The van der Waals surface area contributed by atoms with Gasteiger partial charge in [0, 0.05) is 23.0 Å². The molecule has 1 fully saturated rings. The second-order valence-electron chi connectivity index (χ2n) is 10.9. The molecule has 0 atom stereocenters. The molecule has 0 saturated heterocycles. The van der Waals surface area contributed by atoms with Crippen LogP contribution in [0.4, 0.5) is 5.69 Å². The summed E-state index contributed by atoms with van der Waals surface area (Å²) in [6.07, 6.45) is 9.51. The van der Waals surface area contributed by atoms with Gasteiger partial charge in [-0.1, -0.05) is 79.6 Å². The summed E-state index contributed by atoms with van der Waals surface area (Å²) in [7, 11) is 2.21. The van der Waals surface area contributed by atoms with E-state index in [4.69, 9.17) is 0 Å². The van der Waals surface area contributed by atoms with Gasteiger partial charge in [-0.15, -0.1) is 0 Å². The van der Waals surface area contributed by atoms with Gasteiger partial charge >= 0.3 is 0 Å². The van der Waals surface area contributed by atoms with Gasteiger partial charge in [-0.2, -0.15) is 0 Å². The van der Waals surface area contributed by atoms with E-state index in [9.17, 15) is 9.59 Å². The summed E-state index contributed by atoms with van der Waals surface area (Å²) in [4.78, 5) is 32.4. The summed E-state index contributed by atoms with van der Waals surface area (Å²) in [6, 6.07) is 24.5. The van der Waals surface area contributed by atoms with Crippen molar-refractivity contribution in [3.63, 3.8) is 0 Å². The Balaban J connectivity index is 1.21. The fourth-order valence-electron chi connectivity index (χ4n) is 5.60. The monoisotopic (exact) mass is 553 g/mol. The van der Waals surface area contributed by atoms with Crippen LogP contribution in [-0.4, -0.2) is 42.9 Å². The first-order chi connectivity index (χ1) is 19.5. The highest BCUT2D eigenvalue weighted by Gasteiger charge is 2.29. The predicted octanol–water partition coefficient (Wildman–Crippen LogP) is 7.06. The maximum absolute atomic E-state index is 13.6. The lowest BCUT2D eigenvalue weighted by atomic mass is 9.94. The maximum atomic E-state index is 13.6. The van der Waals surface area contributed by atoms with Crippen LogP contribution < -0.4 is 10.2 Å². The Hall–Kier alpha value is -3.35. The molecule has 0 radical (unpaired) electrons. The van der Waals surface area contributed by atoms with Gasteiger partial charge < -0.3 is 15.1 Å². The predicted molar refractivity (Wildman–Crippen MR) is 166 cm³/mol. The van der Waals surface area contributed by atoms with E-state index in [0.717, 1.165) is 34.7 Å². The molecule has 1 aliphatic heterocycles. The number of rotatable bonds is 9. The molecule has 5 nitrogen and oxygen atoms in total. The molecule has 208 valence electrons. The minimum absolute atomic E-state index is 0.00744. The van der Waals surface area contributed by atoms with E-state index in [1.807, 2.05) is 65.6 Å². The van der Waals surface area contributed by atoms with Gasteiger partial charge in [0.15, 0.2) is 0 Å². The van der Waals surface area contributed by atoms with E-state index < -0.39 is 0 Å². The fourth-order valence-corrected chi connectivity index (χ4v) is 6.65. The Labute approximate surface area is 242 Å². The van der Waals surface area contributed by atoms with Crippen LogP contribution in [-0.2, 0) is 11.3 Å². The van der Waals surface area contributed by atoms with Gasteiger partial charge in [-0.25, -0.2) is 0 Å². The average Bonchev–Trinajstić information content (AvgIpc) is 2.99. The molecule has 0 aromatic heterocycles. The van der Waals surface area contributed by atoms with Crippen LogP contribution in [0.25, 0.3) is 6.08 Å². The lowest BCUT2D eigenvalue weighted by Gasteiger charge is -2.31. The number of para-hydroxylation sites is 1. The molecule has 5 rings (SSSR count). The molecule has 2 amide bonds. The summed E-state index contributed by atoms with van der Waals surface area (Å²) in [5.74, 6) is -0.0621. The van der Waals surface area contributed by atoms with E-state index in [-0.39, 0.29) is 11.8 Å². The summed E-state index contributed by atoms with van der Waals surface area (Å²) < 4.78 is 0. The summed E-state index contributed by atoms with van der Waals surface area (Å²) in [5, 5.41) is 3.06. The van der Waals surface area contributed by atoms with Crippen LogP contribution in [0.15, 0.2) is 82.6 Å². The molecule has 2 aliphatic rings. The fraction of sp³-hybridized carbons (Fsp3) is 0.353. The third kappa shape index (κ3) is 6.86. The number of amides is 2. The minimum Gasteiger partial charge on any atom is -0.352 e. The number of fused-ring (bicyclic) bond motifs is 1. The first-order valence-corrected chi connectivity index (χ1v) is 15.2. The highest BCUT2D eigenvalue weighted by atomic mass is 32.2. The highest BCUT2D eigenvalue weighted by Crippen LogP contribution is 2.42. The zero-order chi connectivity index (χ0) is 27.9. The lowest BCUT2D eigenvalue weighted by molar-refractivity contribution is -0.114. The SMILES string of the molecule is Cc1ccccc1CN1C(=O)/C(=C\c2ccc(C(=O)NCCCN(C)C3CCCCC3)cc2)Sc2ccccc21. The number of aryl methyl sites for hydroxylation is 1. The normalized spacial score (nSPS) is 16.8. The molecule has 3 aromatic carbocycles. The molecular formula is C34H39N3O2S. The number of hydrogen-bond donors (Lipinski definition) is 1. The van der Waals surface area contributed by atoms with Crippen LogP contribution in [0.5, 0.6) is 0 Å². The van der Waals surface area contributed by atoms with Crippen molar-refractivity contribution >= 4 is 35.3 Å². The van der Waals surface area contributed by atoms with E-state index in [1.54, 1.807) is 0 Å². The van der Waals surface area contributed by atoms with Gasteiger partial charge in [-0.3, -0.25) is 9.59 Å². The van der Waals surface area contributed by atoms with Crippen molar-refractivity contribution in [1.82, 2.24) is 10.2 Å². The quantitative estimate of drug-likeness (QED) is 0.228. The zero-order valence-electron chi connectivity index (χ0n) is 23.6. The smallest absolute Gasteiger partial charge is 0.265 e. The van der Waals surface area contributed by atoms with E-state index in [1.165, 1.54) is 49.4 Å². The Morgan fingerprint density at radius 1 is 1.00 bits per heavy atom. The van der Waals surface area contributed by atoms with E-state index in [0.29, 0.717) is 29.6 Å². The topological polar surface area (TPSA) is 52.7 Å². The number of nitrogens with one attached hydrogen (secondary N) is 1. The van der Waals surface area contributed by atoms with Crippen molar-refractivity contribution in [1.29, 1.82) is 0 Å². The molecule has 40 heavy (non-hydrogen) atoms. The van der Waals surface area contributed by atoms with Crippen LogP contribution in [0.3, 0.4) is 0 Å². The highest BCUT2D eigenvalue weighted by molar-refractivity contribution is 8.04. The number of thioether (sulfide) groups is 1. The Morgan fingerprint density at radius 3 is 2.50 bits per heavy atom. The van der Waals surface area contributed by atoms with Gasteiger partial charge in [-0.05, 0) is 86.8 Å². The molecular weight excluding hydrogens is 514 g/mol. The van der Waals surface area contributed by atoms with Gasteiger partial charge in [0.1, 0.15) is 0 Å². The molecule has 0 bridgehead atoms. The summed E-state index contributed by atoms with van der Waals surface area (Å²) >= 11 is 1.50. The summed E-state index contributed by atoms with van der Waals surface area (Å²) in [6.45, 7) is 4.28. The number of benzene rings is 3. The number of carbonyl (C=O) groups excluding carboxylic acids is 2. The zero-order valence-corrected chi connectivity index (χ0v) is 24.4. The van der Waals surface area contributed by atoms with Crippen molar-refractivity contribution in [3.05, 3.63) is 100.0 Å². The van der Waals surface area contributed by atoms with Crippen LogP contribution >= 0.6 is 11.8 Å². The second kappa shape index (κ2) is 13.3. The molecule has 0 spiro atoms. The Bertz CT molecular complexity index is 1360. The molecule has 6 heteroatoms. The Morgan fingerprint density at radius 2 is 1.73 bits per heavy atom. The van der Waals surface area contributed by atoms with Crippen LogP contribution in [0, 0.1) is 6.92 Å². The van der Waals surface area contributed by atoms with Gasteiger partial charge in [0.2, 0.25) is 0 Å². The third-order valence-electron chi connectivity index (χ3n) is 8.06. The number of hydrogen-bond acceptors (Lipinski definition) is 4. The van der Waals surface area contributed by atoms with Crippen LogP contribution in [0.2, 0.25) is 0 Å². The van der Waals surface area contributed by atoms with E-state index >= 15 is 0 Å². The standard InChI is InChI=1S/C34H39N3O2S/c1-25-11-6-7-12-28(25)24-37-30-15-8-9-16-31(30)40-32(34(37)39)23-26-17-19-27(20-18-26)33(38)35-21-10-22-36(2)29-13-4-3-5-14-29/h6-9,11-12,15-20,23,29H,3-5,10,13-14,21-22,24H2,1-2H3,(H,35,38)/b32-23+. The second-order valence-corrected chi connectivity index (χ2v) is 12.0. The minimum atomic E-state index is -0.0547. The molecule has 1 N–H and O–H groups in total. The molecule has 1 saturated carbocycles. The first-order valence-electron chi connectivity index (χ1n) is 14.4. The molecule has 0 unspecified atom stereocenters. The molecule has 1 aliphatic carbocycles. The van der Waals surface area contributed by atoms with Crippen molar-refractivity contribution in [3.8, 4) is 0 Å². The van der Waals surface area contributed by atoms with Crippen LogP contribution in [0.1, 0.15) is 65.6 Å². The van der Waals surface area contributed by atoms with Gasteiger partial charge in [0.05, 0.1) is 17.1 Å². The Kier molecular flexibility index (Phi) is 9.40. The van der Waals surface area contributed by atoms with Gasteiger partial charge in [0.25, 0.3) is 11.8 Å². The maximum Gasteiger partial charge on any atom is 0.265 e. The number of carbonyl (C=O) groups is 2. The lowest BCUT2D eigenvalue weighted by Crippen LogP contribution is -2.35. The average molecular weight is 554 g/mol. The van der Waals surface area contributed by atoms with Crippen molar-refractivity contribution in [2.24, 2.45) is 0 Å². The molecule has 3 aromatic rings. The van der Waals surface area contributed by atoms with Crippen molar-refractivity contribution in [2.75, 3.05) is 25.0 Å². The third-order valence-corrected chi connectivity index (χ3v) is 9.14. The van der Waals surface area contributed by atoms with Crippen molar-refractivity contribution in [2.45, 2.75) is 62.9 Å². The summed E-state index contributed by atoms with van der Waals surface area (Å²) in [5.41, 5.74) is 4.78. The largest absolute Gasteiger partial charge is 0.352 e. The van der Waals surface area contributed by atoms with E-state index in [2.05, 4.69) is 42.4 Å². The first kappa shape index (κ1) is 28.2. The number of anilines is 1. The van der Waals surface area contributed by atoms with Crippen molar-refractivity contribution < 1.29 is 9.59 Å². The number of nitrogens with zero attached hydrogens (tertiary/aromatic N) is 2.